The van der Waals surface area contributed by atoms with Crippen LogP contribution >= 0.6 is 11.6 Å². The summed E-state index contributed by atoms with van der Waals surface area (Å²) in [5.74, 6) is -0.164. The Labute approximate surface area is 87.1 Å². The summed E-state index contributed by atoms with van der Waals surface area (Å²) < 4.78 is 23.1. The Kier molecular flexibility index (Phi) is 3.44. The van der Waals surface area contributed by atoms with Crippen molar-refractivity contribution >= 4 is 21.4 Å². The summed E-state index contributed by atoms with van der Waals surface area (Å²) in [6.45, 7) is 0. The van der Waals surface area contributed by atoms with Crippen LogP contribution in [0.15, 0.2) is 23.4 Å². The maximum Gasteiger partial charge on any atom is 0.180 e. The summed E-state index contributed by atoms with van der Waals surface area (Å²) in [6, 6.07) is 3.08. The van der Waals surface area contributed by atoms with E-state index in [0.717, 1.165) is 0 Å². The second kappa shape index (κ2) is 4.40. The second-order valence-electron chi connectivity index (χ2n) is 2.49. The number of aromatic nitrogens is 1. The average molecular weight is 231 g/mol. The molecule has 1 rings (SSSR count). The van der Waals surface area contributed by atoms with Crippen molar-refractivity contribution in [1.29, 1.82) is 5.26 Å². The van der Waals surface area contributed by atoms with Gasteiger partial charge in [0.1, 0.15) is 6.07 Å². The number of hydrogen-bond donors (Lipinski definition) is 0. The molecule has 4 nitrogen and oxygen atoms in total. The second-order valence-corrected chi connectivity index (χ2v) is 4.95. The van der Waals surface area contributed by atoms with Crippen molar-refractivity contribution in [3.63, 3.8) is 0 Å². The minimum Gasteiger partial charge on any atom is -0.263 e. The molecule has 0 N–H and O–H groups in total. The van der Waals surface area contributed by atoms with Crippen molar-refractivity contribution in [1.82, 2.24) is 4.98 Å². The van der Waals surface area contributed by atoms with Crippen LogP contribution < -0.4 is 0 Å². The summed E-state index contributed by atoms with van der Waals surface area (Å²) in [4.78, 5) is 3.67. The Morgan fingerprint density at radius 1 is 1.57 bits per heavy atom. The van der Waals surface area contributed by atoms with Gasteiger partial charge in [0.2, 0.25) is 0 Å². The molecule has 1 aromatic heterocycles. The molecule has 0 saturated heterocycles. The van der Waals surface area contributed by atoms with Crippen molar-refractivity contribution in [3.05, 3.63) is 24.0 Å². The van der Waals surface area contributed by atoms with Crippen molar-refractivity contribution in [3.8, 4) is 6.07 Å². The zero-order valence-corrected chi connectivity index (χ0v) is 8.72. The van der Waals surface area contributed by atoms with Crippen LogP contribution in [-0.2, 0) is 9.84 Å². The fourth-order valence-corrected chi connectivity index (χ4v) is 2.68. The summed E-state index contributed by atoms with van der Waals surface area (Å²) in [6.07, 6.45) is 2.56. The highest BCUT2D eigenvalue weighted by atomic mass is 35.5. The molecule has 0 unspecified atom stereocenters. The third-order valence-electron chi connectivity index (χ3n) is 1.58. The quantitative estimate of drug-likeness (QED) is 0.726. The van der Waals surface area contributed by atoms with E-state index in [4.69, 9.17) is 16.9 Å². The lowest BCUT2D eigenvalue weighted by atomic mass is 10.3. The highest BCUT2D eigenvalue weighted by Gasteiger charge is 2.17. The van der Waals surface area contributed by atoms with Crippen LogP contribution in [0, 0.1) is 11.3 Å². The molecule has 74 valence electrons. The molecule has 1 aromatic rings. The number of alkyl halides is 1. The molecular formula is C8H7ClN2O2S. The van der Waals surface area contributed by atoms with Gasteiger partial charge in [0.05, 0.1) is 16.2 Å². The van der Waals surface area contributed by atoms with E-state index in [2.05, 4.69) is 4.98 Å². The van der Waals surface area contributed by atoms with Gasteiger partial charge in [-0.2, -0.15) is 5.26 Å². The van der Waals surface area contributed by atoms with Gasteiger partial charge in [-0.3, -0.25) is 4.98 Å². The number of nitriles is 1. The smallest absolute Gasteiger partial charge is 0.180 e. The van der Waals surface area contributed by atoms with E-state index in [1.54, 1.807) is 6.07 Å². The summed E-state index contributed by atoms with van der Waals surface area (Å²) >= 11 is 5.35. The molecular weight excluding hydrogens is 224 g/mol. The largest absolute Gasteiger partial charge is 0.263 e. The van der Waals surface area contributed by atoms with Gasteiger partial charge in [-0.05, 0) is 6.07 Å². The van der Waals surface area contributed by atoms with Crippen LogP contribution in [0.3, 0.4) is 0 Å². The van der Waals surface area contributed by atoms with Crippen LogP contribution in [0.2, 0.25) is 0 Å². The fraction of sp³-hybridized carbons (Fsp3) is 0.250. The fourth-order valence-electron chi connectivity index (χ4n) is 0.948. The number of nitrogens with zero attached hydrogens (tertiary/aromatic N) is 2. The van der Waals surface area contributed by atoms with Crippen molar-refractivity contribution in [2.45, 2.75) is 4.90 Å². The van der Waals surface area contributed by atoms with Crippen LogP contribution in [-0.4, -0.2) is 25.0 Å². The van der Waals surface area contributed by atoms with Crippen LogP contribution in [0.5, 0.6) is 0 Å². The molecule has 0 aliphatic carbocycles. The lowest BCUT2D eigenvalue weighted by molar-refractivity contribution is 0.597. The first-order valence-electron chi connectivity index (χ1n) is 3.74. The molecule has 0 atom stereocenters. The molecule has 0 aliphatic rings. The van der Waals surface area contributed by atoms with E-state index in [0.29, 0.717) is 0 Å². The summed E-state index contributed by atoms with van der Waals surface area (Å²) in [5, 5.41) is 8.66. The first kappa shape index (κ1) is 11.0. The van der Waals surface area contributed by atoms with Gasteiger partial charge >= 0.3 is 0 Å². The first-order chi connectivity index (χ1) is 6.61. The molecule has 6 heteroatoms. The standard InChI is InChI=1S/C8H7ClN2O2S/c9-2-4-14(12,13)8-1-3-11-6-7(8)5-10/h1,3,6H,2,4H2. The molecule has 0 radical (unpaired) electrons. The van der Waals surface area contributed by atoms with Crippen molar-refractivity contribution in [2.24, 2.45) is 0 Å². The molecule has 0 aliphatic heterocycles. The Balaban J connectivity index is 3.27. The van der Waals surface area contributed by atoms with Gasteiger partial charge < -0.3 is 0 Å². The van der Waals surface area contributed by atoms with Gasteiger partial charge in [0, 0.05) is 18.3 Å². The molecule has 0 aromatic carbocycles. The minimum absolute atomic E-state index is 0.00403. The van der Waals surface area contributed by atoms with Gasteiger partial charge in [0.15, 0.2) is 9.84 Å². The topological polar surface area (TPSA) is 70.8 Å². The Morgan fingerprint density at radius 2 is 2.29 bits per heavy atom. The van der Waals surface area contributed by atoms with E-state index < -0.39 is 9.84 Å². The third kappa shape index (κ3) is 2.22. The molecule has 0 spiro atoms. The monoisotopic (exact) mass is 230 g/mol. The van der Waals surface area contributed by atoms with E-state index in [-0.39, 0.29) is 22.1 Å². The maximum atomic E-state index is 11.5. The van der Waals surface area contributed by atoms with E-state index in [1.807, 2.05) is 0 Å². The Bertz CT molecular complexity index is 464. The van der Waals surface area contributed by atoms with Crippen LogP contribution in [0.1, 0.15) is 5.56 Å². The Hall–Kier alpha value is -1.12. The summed E-state index contributed by atoms with van der Waals surface area (Å²) in [7, 11) is -3.45. The van der Waals surface area contributed by atoms with E-state index in [1.165, 1.54) is 18.5 Å². The van der Waals surface area contributed by atoms with E-state index >= 15 is 0 Å². The zero-order chi connectivity index (χ0) is 10.6. The first-order valence-corrected chi connectivity index (χ1v) is 5.93. The predicted octanol–water partition coefficient (Wildman–Crippen LogP) is 0.966. The van der Waals surface area contributed by atoms with Gasteiger partial charge in [-0.1, -0.05) is 0 Å². The molecule has 0 saturated carbocycles. The normalized spacial score (nSPS) is 10.9. The van der Waals surface area contributed by atoms with Crippen molar-refractivity contribution in [2.75, 3.05) is 11.6 Å². The lowest BCUT2D eigenvalue weighted by Gasteiger charge is -2.02. The lowest BCUT2D eigenvalue weighted by Crippen LogP contribution is -2.09. The van der Waals surface area contributed by atoms with Gasteiger partial charge in [-0.15, -0.1) is 11.6 Å². The van der Waals surface area contributed by atoms with Crippen LogP contribution in [0.25, 0.3) is 0 Å². The molecule has 0 fully saturated rings. The highest BCUT2D eigenvalue weighted by Crippen LogP contribution is 2.14. The number of rotatable bonds is 3. The van der Waals surface area contributed by atoms with E-state index in [9.17, 15) is 8.42 Å². The maximum absolute atomic E-state index is 11.5. The molecule has 0 bridgehead atoms. The Morgan fingerprint density at radius 3 is 2.86 bits per heavy atom. The zero-order valence-electron chi connectivity index (χ0n) is 7.14. The number of hydrogen-bond acceptors (Lipinski definition) is 4. The number of halogens is 1. The predicted molar refractivity (Wildman–Crippen MR) is 51.7 cm³/mol. The SMILES string of the molecule is N#Cc1cnccc1S(=O)(=O)CCCl. The van der Waals surface area contributed by atoms with Crippen LogP contribution in [0.4, 0.5) is 0 Å². The van der Waals surface area contributed by atoms with Gasteiger partial charge in [0.25, 0.3) is 0 Å². The third-order valence-corrected chi connectivity index (χ3v) is 3.76. The number of pyridine rings is 1. The highest BCUT2D eigenvalue weighted by molar-refractivity contribution is 7.91. The molecule has 14 heavy (non-hydrogen) atoms. The summed E-state index contributed by atoms with van der Waals surface area (Å²) in [5.41, 5.74) is 0.0533. The average Bonchev–Trinajstić information content (AvgIpc) is 2.18. The molecule has 0 amide bonds. The van der Waals surface area contributed by atoms with Crippen molar-refractivity contribution < 1.29 is 8.42 Å². The molecule has 1 heterocycles. The van der Waals surface area contributed by atoms with Gasteiger partial charge in [-0.25, -0.2) is 8.42 Å². The minimum atomic E-state index is -3.45. The number of sulfone groups is 1.